The van der Waals surface area contributed by atoms with Gasteiger partial charge in [0.25, 0.3) is 5.69 Å². The summed E-state index contributed by atoms with van der Waals surface area (Å²) in [5.74, 6) is -0.560. The molecule has 0 radical (unpaired) electrons. The number of ether oxygens (including phenoxy) is 1. The van der Waals surface area contributed by atoms with Crippen molar-refractivity contribution in [3.8, 4) is 0 Å². The minimum Gasteiger partial charge on any atom is -0.469 e. The Morgan fingerprint density at radius 3 is 2.69 bits per heavy atom. The van der Waals surface area contributed by atoms with Crippen LogP contribution in [0.25, 0.3) is 0 Å². The van der Waals surface area contributed by atoms with Gasteiger partial charge in [-0.2, -0.15) is 0 Å². The molecule has 86 valence electrons. The highest BCUT2D eigenvalue weighted by molar-refractivity contribution is 6.32. The van der Waals surface area contributed by atoms with Crippen LogP contribution in [0.15, 0.2) is 12.1 Å². The maximum Gasteiger partial charge on any atom is 0.310 e. The molecule has 0 fully saturated rings. The largest absolute Gasteiger partial charge is 0.469 e. The van der Waals surface area contributed by atoms with Crippen LogP contribution in [-0.4, -0.2) is 18.0 Å². The monoisotopic (exact) mass is 243 g/mol. The topological polar surface area (TPSA) is 69.4 Å². The van der Waals surface area contributed by atoms with Gasteiger partial charge in [-0.05, 0) is 12.5 Å². The smallest absolute Gasteiger partial charge is 0.310 e. The normalized spacial score (nSPS) is 9.94. The molecule has 1 rings (SSSR count). The lowest BCUT2D eigenvalue weighted by Crippen LogP contribution is -2.08. The van der Waals surface area contributed by atoms with E-state index in [0.717, 1.165) is 0 Å². The minimum atomic E-state index is -0.566. The average molecular weight is 244 g/mol. The molecular formula is C10H10ClNO4. The van der Waals surface area contributed by atoms with Crippen LogP contribution < -0.4 is 0 Å². The van der Waals surface area contributed by atoms with Crippen molar-refractivity contribution in [2.24, 2.45) is 0 Å². The number of rotatable bonds is 3. The van der Waals surface area contributed by atoms with Crippen molar-refractivity contribution in [2.75, 3.05) is 7.11 Å². The van der Waals surface area contributed by atoms with Crippen molar-refractivity contribution in [3.63, 3.8) is 0 Å². The molecule has 0 unspecified atom stereocenters. The summed E-state index contributed by atoms with van der Waals surface area (Å²) in [7, 11) is 1.22. The molecule has 0 saturated carbocycles. The zero-order valence-electron chi connectivity index (χ0n) is 8.82. The van der Waals surface area contributed by atoms with Gasteiger partial charge in [0.05, 0.1) is 29.0 Å². The zero-order valence-corrected chi connectivity index (χ0v) is 9.58. The number of carbonyl (C=O) groups is 1. The fourth-order valence-electron chi connectivity index (χ4n) is 1.28. The van der Waals surface area contributed by atoms with Gasteiger partial charge in [-0.1, -0.05) is 17.7 Å². The van der Waals surface area contributed by atoms with Crippen LogP contribution in [0.3, 0.4) is 0 Å². The van der Waals surface area contributed by atoms with Gasteiger partial charge in [-0.25, -0.2) is 0 Å². The van der Waals surface area contributed by atoms with E-state index >= 15 is 0 Å². The highest BCUT2D eigenvalue weighted by Crippen LogP contribution is 2.29. The Bertz CT molecular complexity index is 445. The van der Waals surface area contributed by atoms with Gasteiger partial charge in [-0.3, -0.25) is 14.9 Å². The highest BCUT2D eigenvalue weighted by atomic mass is 35.5. The molecule has 0 atom stereocenters. The Kier molecular flexibility index (Phi) is 3.84. The van der Waals surface area contributed by atoms with Crippen molar-refractivity contribution < 1.29 is 14.5 Å². The summed E-state index contributed by atoms with van der Waals surface area (Å²) in [4.78, 5) is 21.3. The van der Waals surface area contributed by atoms with Crippen LogP contribution in [0.4, 0.5) is 5.69 Å². The van der Waals surface area contributed by atoms with Crippen molar-refractivity contribution in [2.45, 2.75) is 13.3 Å². The predicted octanol–water partition coefficient (Wildman–Crippen LogP) is 2.27. The van der Waals surface area contributed by atoms with E-state index in [0.29, 0.717) is 5.56 Å². The molecule has 0 heterocycles. The number of benzene rings is 1. The second kappa shape index (κ2) is 4.94. The summed E-state index contributed by atoms with van der Waals surface area (Å²) in [6.45, 7) is 1.72. The van der Waals surface area contributed by atoms with E-state index in [2.05, 4.69) is 4.74 Å². The number of nitro benzene ring substituents is 1. The van der Waals surface area contributed by atoms with Crippen LogP contribution in [-0.2, 0) is 16.0 Å². The molecule has 6 heteroatoms. The molecule has 16 heavy (non-hydrogen) atoms. The van der Waals surface area contributed by atoms with Crippen LogP contribution in [0, 0.1) is 17.0 Å². The maximum absolute atomic E-state index is 11.1. The van der Waals surface area contributed by atoms with Crippen LogP contribution in [0.2, 0.25) is 5.02 Å². The molecule has 0 aromatic heterocycles. The molecule has 5 nitrogen and oxygen atoms in total. The first-order valence-electron chi connectivity index (χ1n) is 4.46. The van der Waals surface area contributed by atoms with Gasteiger partial charge < -0.3 is 4.74 Å². The van der Waals surface area contributed by atoms with Crippen LogP contribution in [0.5, 0.6) is 0 Å². The Morgan fingerprint density at radius 1 is 1.56 bits per heavy atom. The molecule has 0 N–H and O–H groups in total. The molecule has 0 aliphatic heterocycles. The van der Waals surface area contributed by atoms with Crippen molar-refractivity contribution >= 4 is 23.3 Å². The molecule has 0 aliphatic carbocycles. The molecular weight excluding hydrogens is 234 g/mol. The van der Waals surface area contributed by atoms with Gasteiger partial charge >= 0.3 is 5.97 Å². The lowest BCUT2D eigenvalue weighted by Gasteiger charge is -2.06. The van der Waals surface area contributed by atoms with Crippen molar-refractivity contribution in [1.82, 2.24) is 0 Å². The first-order chi connectivity index (χ1) is 7.47. The summed E-state index contributed by atoms with van der Waals surface area (Å²) in [6.07, 6.45) is -0.201. The lowest BCUT2D eigenvalue weighted by molar-refractivity contribution is -0.385. The molecule has 1 aromatic carbocycles. The number of halogens is 1. The van der Waals surface area contributed by atoms with E-state index in [-0.39, 0.29) is 22.7 Å². The van der Waals surface area contributed by atoms with E-state index in [1.165, 1.54) is 13.2 Å². The molecule has 1 aromatic rings. The number of nitro groups is 1. The predicted molar refractivity (Wildman–Crippen MR) is 58.6 cm³/mol. The van der Waals surface area contributed by atoms with Gasteiger partial charge in [0.1, 0.15) is 0 Å². The number of hydrogen-bond acceptors (Lipinski definition) is 4. The van der Waals surface area contributed by atoms with E-state index in [1.807, 2.05) is 0 Å². The van der Waals surface area contributed by atoms with E-state index < -0.39 is 10.9 Å². The third-order valence-corrected chi connectivity index (χ3v) is 2.68. The second-order valence-electron chi connectivity index (χ2n) is 3.20. The fourth-order valence-corrected chi connectivity index (χ4v) is 1.51. The number of methoxy groups -OCH3 is 1. The molecule has 0 saturated heterocycles. The number of aryl methyl sites for hydroxylation is 1. The summed E-state index contributed by atoms with van der Waals surface area (Å²) in [5, 5.41) is 11.0. The number of esters is 1. The summed E-state index contributed by atoms with van der Waals surface area (Å²) < 4.78 is 4.46. The van der Waals surface area contributed by atoms with Crippen molar-refractivity contribution in [3.05, 3.63) is 38.4 Å². The summed E-state index contributed by atoms with van der Waals surface area (Å²) in [6, 6.07) is 2.88. The van der Waals surface area contributed by atoms with Gasteiger partial charge in [0.2, 0.25) is 0 Å². The Morgan fingerprint density at radius 2 is 2.19 bits per heavy atom. The Balaban J connectivity index is 3.26. The van der Waals surface area contributed by atoms with E-state index in [1.54, 1.807) is 13.0 Å². The molecule has 0 bridgehead atoms. The lowest BCUT2D eigenvalue weighted by atomic mass is 10.1. The first-order valence-corrected chi connectivity index (χ1v) is 4.84. The zero-order chi connectivity index (χ0) is 12.3. The number of hydrogen-bond donors (Lipinski definition) is 0. The Hall–Kier alpha value is -1.62. The molecule has 0 amide bonds. The van der Waals surface area contributed by atoms with E-state index in [4.69, 9.17) is 11.6 Å². The Labute approximate surface area is 97.1 Å². The minimum absolute atomic E-state index is 0.166. The third kappa shape index (κ3) is 2.49. The molecule has 0 aliphatic rings. The van der Waals surface area contributed by atoms with Crippen LogP contribution in [0.1, 0.15) is 11.1 Å². The first kappa shape index (κ1) is 12.4. The van der Waals surface area contributed by atoms with Crippen LogP contribution >= 0.6 is 11.6 Å². The summed E-state index contributed by atoms with van der Waals surface area (Å²) in [5.41, 5.74) is 0.714. The van der Waals surface area contributed by atoms with E-state index in [9.17, 15) is 14.9 Å². The SMILES string of the molecule is COC(=O)Cc1c([N+](=O)[O-])ccc(C)c1Cl. The highest BCUT2D eigenvalue weighted by Gasteiger charge is 2.21. The maximum atomic E-state index is 11.1. The third-order valence-electron chi connectivity index (χ3n) is 2.16. The quantitative estimate of drug-likeness (QED) is 0.464. The second-order valence-corrected chi connectivity index (χ2v) is 3.58. The molecule has 0 spiro atoms. The average Bonchev–Trinajstić information content (AvgIpc) is 2.24. The fraction of sp³-hybridized carbons (Fsp3) is 0.300. The van der Waals surface area contributed by atoms with Crippen molar-refractivity contribution in [1.29, 1.82) is 0 Å². The van der Waals surface area contributed by atoms with Gasteiger partial charge in [0.15, 0.2) is 0 Å². The van der Waals surface area contributed by atoms with Gasteiger partial charge in [0, 0.05) is 6.07 Å². The summed E-state index contributed by atoms with van der Waals surface area (Å²) >= 11 is 5.93. The van der Waals surface area contributed by atoms with Gasteiger partial charge in [-0.15, -0.1) is 0 Å². The number of nitrogens with zero attached hydrogens (tertiary/aromatic N) is 1. The standard InChI is InChI=1S/C10H10ClNO4/c1-6-3-4-8(12(14)15)7(10(6)11)5-9(13)16-2/h3-4H,5H2,1-2H3. The number of carbonyl (C=O) groups excluding carboxylic acids is 1.